The summed E-state index contributed by atoms with van der Waals surface area (Å²) in [5.74, 6) is 1.84. The van der Waals surface area contributed by atoms with Crippen LogP contribution in [0.15, 0.2) is 203 Å². The van der Waals surface area contributed by atoms with Crippen LogP contribution in [0, 0.1) is 0 Å². The maximum Gasteiger partial charge on any atom is 0.248 e. The summed E-state index contributed by atoms with van der Waals surface area (Å²) in [4.78, 5) is 0. The second-order valence-electron chi connectivity index (χ2n) is 18.9. The average molecular weight is 859 g/mol. The molecule has 2 heterocycles. The molecule has 0 aliphatic heterocycles. The van der Waals surface area contributed by atoms with E-state index in [0.717, 1.165) is 66.8 Å². The Morgan fingerprint density at radius 3 is 0.848 bits per heavy atom. The fourth-order valence-corrected chi connectivity index (χ4v) is 8.39. The first kappa shape index (κ1) is 42.0. The fourth-order valence-electron chi connectivity index (χ4n) is 8.39. The van der Waals surface area contributed by atoms with Crippen LogP contribution in [0.2, 0.25) is 0 Å². The highest BCUT2D eigenvalue weighted by atomic mass is 16.4. The summed E-state index contributed by atoms with van der Waals surface area (Å²) < 4.78 is 12.6. The topological polar surface area (TPSA) is 77.8 Å². The molecule has 0 bridgehead atoms. The van der Waals surface area contributed by atoms with Crippen LogP contribution >= 0.6 is 0 Å². The van der Waals surface area contributed by atoms with E-state index in [1.165, 1.54) is 22.3 Å². The first-order valence-electron chi connectivity index (χ1n) is 22.4. The minimum Gasteiger partial charge on any atom is -0.416 e. The zero-order chi connectivity index (χ0) is 45.4. The van der Waals surface area contributed by atoms with Crippen LogP contribution in [0.4, 0.5) is 0 Å². The number of nitrogens with zero attached hydrogens (tertiary/aromatic N) is 4. The summed E-state index contributed by atoms with van der Waals surface area (Å²) in [6, 6.07) is 67.9. The molecular weight excluding hydrogens is 809 g/mol. The van der Waals surface area contributed by atoms with Crippen LogP contribution in [0.25, 0.3) is 101 Å². The van der Waals surface area contributed by atoms with Gasteiger partial charge in [0.25, 0.3) is 0 Å². The fraction of sp³-hybridized carbons (Fsp3) is 0.133. The molecule has 2 aromatic heterocycles. The molecule has 0 saturated heterocycles. The Kier molecular flexibility index (Phi) is 11.0. The molecule has 0 radical (unpaired) electrons. The van der Waals surface area contributed by atoms with Gasteiger partial charge in [-0.05, 0) is 126 Å². The Balaban J connectivity index is 1.10. The van der Waals surface area contributed by atoms with Gasteiger partial charge in [-0.1, -0.05) is 187 Å². The second kappa shape index (κ2) is 17.2. The van der Waals surface area contributed by atoms with Gasteiger partial charge in [0.15, 0.2) is 0 Å². The predicted molar refractivity (Wildman–Crippen MR) is 268 cm³/mol. The maximum absolute atomic E-state index is 6.32. The lowest BCUT2D eigenvalue weighted by Gasteiger charge is -2.19. The van der Waals surface area contributed by atoms with Gasteiger partial charge < -0.3 is 8.83 Å². The minimum atomic E-state index is 0.0813. The van der Waals surface area contributed by atoms with Gasteiger partial charge in [-0.3, -0.25) is 0 Å². The quantitative estimate of drug-likeness (QED) is 0.144. The van der Waals surface area contributed by atoms with Crippen molar-refractivity contribution < 1.29 is 8.83 Å². The molecule has 0 unspecified atom stereocenters. The van der Waals surface area contributed by atoms with E-state index in [0.29, 0.717) is 23.6 Å². The first-order chi connectivity index (χ1) is 31.9. The highest BCUT2D eigenvalue weighted by molar-refractivity contribution is 5.95. The molecule has 0 saturated carbocycles. The summed E-state index contributed by atoms with van der Waals surface area (Å²) in [5, 5.41) is 17.9. The molecule has 0 amide bonds. The van der Waals surface area contributed by atoms with E-state index in [1.807, 2.05) is 60.7 Å². The average Bonchev–Trinajstić information content (AvgIpc) is 4.06. The monoisotopic (exact) mass is 858 g/mol. The van der Waals surface area contributed by atoms with Gasteiger partial charge in [-0.2, -0.15) is 0 Å². The number of benzene rings is 8. The Hall–Kier alpha value is -7.96. The number of hydrogen-bond donors (Lipinski definition) is 0. The standard InChI is InChI=1S/C60H50N4O2/c1-59(2,3)49-31-25-41(26-32-49)39-17-21-43(22-18-39)53-37-47(57-63-61-55(65-57)45-13-9-7-10-14-45)29-35-51(53)52-36-30-48(58-64-62-56(66-58)46-15-11-8-12-16-46)38-54(52)44-23-19-40(20-24-44)42-27-33-50(34-28-42)60(4,5)6/h7-38H,1-6H3. The largest absolute Gasteiger partial charge is 0.416 e. The van der Waals surface area contributed by atoms with Crippen LogP contribution < -0.4 is 0 Å². The van der Waals surface area contributed by atoms with Gasteiger partial charge >= 0.3 is 0 Å². The normalized spacial score (nSPS) is 11.8. The molecular formula is C60H50N4O2. The molecule has 0 aliphatic carbocycles. The van der Waals surface area contributed by atoms with Crippen molar-refractivity contribution in [2.75, 3.05) is 0 Å². The van der Waals surface area contributed by atoms with E-state index in [-0.39, 0.29) is 10.8 Å². The Labute approximate surface area is 386 Å². The summed E-state index contributed by atoms with van der Waals surface area (Å²) in [5.41, 5.74) is 17.0. The van der Waals surface area contributed by atoms with Crippen molar-refractivity contribution in [3.8, 4) is 101 Å². The Morgan fingerprint density at radius 1 is 0.258 bits per heavy atom. The van der Waals surface area contributed by atoms with Crippen molar-refractivity contribution in [3.05, 3.63) is 205 Å². The Morgan fingerprint density at radius 2 is 0.530 bits per heavy atom. The van der Waals surface area contributed by atoms with E-state index < -0.39 is 0 Å². The summed E-state index contributed by atoms with van der Waals surface area (Å²) in [6.07, 6.45) is 0. The van der Waals surface area contributed by atoms with Gasteiger partial charge in [-0.15, -0.1) is 20.4 Å². The van der Waals surface area contributed by atoms with E-state index >= 15 is 0 Å². The zero-order valence-corrected chi connectivity index (χ0v) is 38.1. The highest BCUT2D eigenvalue weighted by Gasteiger charge is 2.21. The van der Waals surface area contributed by atoms with Crippen LogP contribution in [-0.2, 0) is 10.8 Å². The summed E-state index contributed by atoms with van der Waals surface area (Å²) in [7, 11) is 0. The van der Waals surface area contributed by atoms with Gasteiger partial charge in [0.1, 0.15) is 0 Å². The molecule has 322 valence electrons. The van der Waals surface area contributed by atoms with E-state index in [9.17, 15) is 0 Å². The lowest BCUT2D eigenvalue weighted by atomic mass is 9.85. The molecule has 0 atom stereocenters. The molecule has 8 aromatic carbocycles. The molecule has 10 aromatic rings. The van der Waals surface area contributed by atoms with Crippen LogP contribution in [0.5, 0.6) is 0 Å². The van der Waals surface area contributed by atoms with E-state index in [2.05, 4.69) is 195 Å². The third kappa shape index (κ3) is 8.66. The Bertz CT molecular complexity index is 3040. The lowest BCUT2D eigenvalue weighted by Crippen LogP contribution is -2.10. The van der Waals surface area contributed by atoms with Gasteiger partial charge in [-0.25, -0.2) is 0 Å². The molecule has 0 spiro atoms. The number of aromatic nitrogens is 4. The number of rotatable bonds is 9. The second-order valence-corrected chi connectivity index (χ2v) is 18.9. The van der Waals surface area contributed by atoms with Gasteiger partial charge in [0.05, 0.1) is 0 Å². The minimum absolute atomic E-state index is 0.0813. The molecule has 66 heavy (non-hydrogen) atoms. The summed E-state index contributed by atoms with van der Waals surface area (Å²) in [6.45, 7) is 13.5. The van der Waals surface area contributed by atoms with Gasteiger partial charge in [0, 0.05) is 22.3 Å². The van der Waals surface area contributed by atoms with Crippen molar-refractivity contribution in [1.29, 1.82) is 0 Å². The molecule has 6 nitrogen and oxygen atoms in total. The highest BCUT2D eigenvalue weighted by Crippen LogP contribution is 2.43. The van der Waals surface area contributed by atoms with Crippen molar-refractivity contribution in [2.24, 2.45) is 0 Å². The molecule has 0 N–H and O–H groups in total. The predicted octanol–water partition coefficient (Wildman–Crippen LogP) is 16.1. The van der Waals surface area contributed by atoms with Crippen LogP contribution in [0.3, 0.4) is 0 Å². The summed E-state index contributed by atoms with van der Waals surface area (Å²) >= 11 is 0. The lowest BCUT2D eigenvalue weighted by molar-refractivity contribution is 0.584. The first-order valence-corrected chi connectivity index (χ1v) is 22.4. The van der Waals surface area contributed by atoms with Crippen LogP contribution in [0.1, 0.15) is 52.7 Å². The van der Waals surface area contributed by atoms with Crippen molar-refractivity contribution in [1.82, 2.24) is 20.4 Å². The molecule has 0 aliphatic rings. The third-order valence-electron chi connectivity index (χ3n) is 12.3. The maximum atomic E-state index is 6.32. The smallest absolute Gasteiger partial charge is 0.248 e. The van der Waals surface area contributed by atoms with E-state index in [1.54, 1.807) is 0 Å². The zero-order valence-electron chi connectivity index (χ0n) is 38.1. The third-order valence-corrected chi connectivity index (χ3v) is 12.3. The van der Waals surface area contributed by atoms with Crippen molar-refractivity contribution in [3.63, 3.8) is 0 Å². The van der Waals surface area contributed by atoms with E-state index in [4.69, 9.17) is 8.83 Å². The van der Waals surface area contributed by atoms with Crippen LogP contribution in [-0.4, -0.2) is 20.4 Å². The molecule has 10 rings (SSSR count). The molecule has 0 fully saturated rings. The van der Waals surface area contributed by atoms with Crippen molar-refractivity contribution in [2.45, 2.75) is 52.4 Å². The number of hydrogen-bond acceptors (Lipinski definition) is 6. The van der Waals surface area contributed by atoms with Gasteiger partial charge in [0.2, 0.25) is 23.6 Å². The molecule has 6 heteroatoms. The van der Waals surface area contributed by atoms with Crippen molar-refractivity contribution >= 4 is 0 Å². The SMILES string of the molecule is CC(C)(C)c1ccc(-c2ccc(-c3cc(-c4nnc(-c5ccccc5)o4)ccc3-c3ccc(-c4nnc(-c5ccccc5)o4)cc3-c3ccc(-c4ccc(C(C)(C)C)cc4)cc3)cc2)cc1.